The smallest absolute Gasteiger partial charge is 0.0626 e. The Bertz CT molecular complexity index is 2610. The van der Waals surface area contributed by atoms with Crippen molar-refractivity contribution < 1.29 is 0 Å². The first kappa shape index (κ1) is 26.1. The lowest BCUT2D eigenvalue weighted by molar-refractivity contribution is 0.856. The van der Waals surface area contributed by atoms with Crippen molar-refractivity contribution in [2.24, 2.45) is 0 Å². The molecule has 46 heavy (non-hydrogen) atoms. The van der Waals surface area contributed by atoms with E-state index in [0.717, 1.165) is 19.3 Å². The molecule has 0 N–H and O–H groups in total. The van der Waals surface area contributed by atoms with Gasteiger partial charge in [-0.2, -0.15) is 0 Å². The predicted octanol–water partition coefficient (Wildman–Crippen LogP) is 12.4. The maximum atomic E-state index is 2.60. The summed E-state index contributed by atoms with van der Waals surface area (Å²) in [6, 6.07) is 43.3. The van der Waals surface area contributed by atoms with Gasteiger partial charge in [-0.25, -0.2) is 0 Å². The standard InChI is InChI=1S/C44H31NS/c1-3-12-28(13-4-1)31-22-24-39-36(26-31)41-42-37-27-32(29-14-5-2-6-15-29)23-25-40(37)46-44(42)35-20-10-9-19-34(35)43(41)45(39)38-21-11-17-30-16-7-8-18-33(30)38/h1-10,12-14,16,18-27,29H,11,15,17H2. The Morgan fingerprint density at radius 2 is 1.50 bits per heavy atom. The Kier molecular flexibility index (Phi) is 5.76. The van der Waals surface area contributed by atoms with Gasteiger partial charge in [0.25, 0.3) is 0 Å². The maximum Gasteiger partial charge on any atom is 0.0626 e. The van der Waals surface area contributed by atoms with E-state index >= 15 is 0 Å². The Hall–Kier alpha value is -5.18. The molecule has 0 bridgehead atoms. The van der Waals surface area contributed by atoms with Crippen molar-refractivity contribution in [3.05, 3.63) is 162 Å². The number of aryl methyl sites for hydroxylation is 1. The average molecular weight is 606 g/mol. The second kappa shape index (κ2) is 10.2. The minimum atomic E-state index is 0.412. The highest BCUT2D eigenvalue weighted by atomic mass is 32.1. The summed E-state index contributed by atoms with van der Waals surface area (Å²) < 4.78 is 5.34. The molecule has 10 rings (SSSR count). The van der Waals surface area contributed by atoms with Crippen LogP contribution in [0.1, 0.15) is 35.4 Å². The number of rotatable bonds is 3. The number of thiophene rings is 1. The van der Waals surface area contributed by atoms with Crippen LogP contribution in [0.2, 0.25) is 0 Å². The molecule has 2 heterocycles. The summed E-state index contributed by atoms with van der Waals surface area (Å²) in [5.41, 5.74) is 10.6. The summed E-state index contributed by atoms with van der Waals surface area (Å²) in [6.07, 6.45) is 14.7. The van der Waals surface area contributed by atoms with Gasteiger partial charge in [0.2, 0.25) is 0 Å². The average Bonchev–Trinajstić information content (AvgIpc) is 3.68. The van der Waals surface area contributed by atoms with Crippen molar-refractivity contribution in [3.8, 4) is 11.1 Å². The molecule has 0 saturated carbocycles. The topological polar surface area (TPSA) is 4.93 Å². The van der Waals surface area contributed by atoms with Crippen molar-refractivity contribution in [1.29, 1.82) is 0 Å². The lowest BCUT2D eigenvalue weighted by Gasteiger charge is -2.21. The van der Waals surface area contributed by atoms with Gasteiger partial charge < -0.3 is 4.57 Å². The van der Waals surface area contributed by atoms with Crippen molar-refractivity contribution in [1.82, 2.24) is 4.57 Å². The molecule has 1 nitrogen and oxygen atoms in total. The molecule has 1 atom stereocenters. The van der Waals surface area contributed by atoms with E-state index in [1.807, 2.05) is 11.3 Å². The number of allylic oxidation sites excluding steroid dienone is 5. The maximum absolute atomic E-state index is 2.60. The number of hydrogen-bond donors (Lipinski definition) is 0. The Morgan fingerprint density at radius 1 is 0.652 bits per heavy atom. The minimum Gasteiger partial charge on any atom is -0.308 e. The molecular formula is C44H31NS. The van der Waals surface area contributed by atoms with Gasteiger partial charge in [0, 0.05) is 58.9 Å². The van der Waals surface area contributed by atoms with E-state index in [9.17, 15) is 0 Å². The molecule has 6 aromatic carbocycles. The van der Waals surface area contributed by atoms with Gasteiger partial charge >= 0.3 is 0 Å². The van der Waals surface area contributed by atoms with Crippen LogP contribution in [-0.4, -0.2) is 4.57 Å². The summed E-state index contributed by atoms with van der Waals surface area (Å²) >= 11 is 1.95. The molecule has 0 aliphatic heterocycles. The van der Waals surface area contributed by atoms with E-state index in [1.54, 1.807) is 0 Å². The molecule has 1 unspecified atom stereocenters. The molecule has 0 fully saturated rings. The molecule has 218 valence electrons. The second-order valence-corrected chi connectivity index (χ2v) is 13.8. The Balaban J connectivity index is 1.41. The van der Waals surface area contributed by atoms with Crippen molar-refractivity contribution in [3.63, 3.8) is 0 Å². The largest absolute Gasteiger partial charge is 0.308 e. The van der Waals surface area contributed by atoms with E-state index < -0.39 is 0 Å². The fraction of sp³-hybridized carbons (Fsp3) is 0.0909. The molecule has 2 heteroatoms. The zero-order chi connectivity index (χ0) is 30.2. The first-order chi connectivity index (χ1) is 22.8. The monoisotopic (exact) mass is 605 g/mol. The van der Waals surface area contributed by atoms with Crippen LogP contribution in [0, 0.1) is 0 Å². The third-order valence-electron chi connectivity index (χ3n) is 10.2. The quantitative estimate of drug-likeness (QED) is 0.189. The van der Waals surface area contributed by atoms with Crippen LogP contribution in [0.25, 0.3) is 69.6 Å². The van der Waals surface area contributed by atoms with Gasteiger partial charge in [0.05, 0.1) is 11.0 Å². The van der Waals surface area contributed by atoms with Gasteiger partial charge in [-0.05, 0) is 65.8 Å². The first-order valence-corrected chi connectivity index (χ1v) is 17.2. The number of aromatic nitrogens is 1. The molecule has 2 aliphatic carbocycles. The number of fused-ring (bicyclic) bond motifs is 11. The lowest BCUT2D eigenvalue weighted by atomic mass is 9.91. The highest BCUT2D eigenvalue weighted by molar-refractivity contribution is 7.27. The summed E-state index contributed by atoms with van der Waals surface area (Å²) in [7, 11) is 0. The Labute approximate surface area is 272 Å². The van der Waals surface area contributed by atoms with Gasteiger partial charge in [0.1, 0.15) is 0 Å². The van der Waals surface area contributed by atoms with E-state index in [0.29, 0.717) is 5.92 Å². The van der Waals surface area contributed by atoms with Crippen LogP contribution in [0.15, 0.2) is 146 Å². The zero-order valence-electron chi connectivity index (χ0n) is 25.4. The van der Waals surface area contributed by atoms with Gasteiger partial charge in [0.15, 0.2) is 0 Å². The number of nitrogens with zero attached hydrogens (tertiary/aromatic N) is 1. The van der Waals surface area contributed by atoms with Crippen molar-refractivity contribution in [2.45, 2.75) is 25.2 Å². The fourth-order valence-electron chi connectivity index (χ4n) is 8.03. The third kappa shape index (κ3) is 3.80. The molecule has 0 radical (unpaired) electrons. The van der Waals surface area contributed by atoms with Gasteiger partial charge in [-0.15, -0.1) is 11.3 Å². The van der Waals surface area contributed by atoms with Crippen LogP contribution >= 0.6 is 11.3 Å². The van der Waals surface area contributed by atoms with Crippen molar-refractivity contribution >= 4 is 69.8 Å². The van der Waals surface area contributed by atoms with Gasteiger partial charge in [-0.1, -0.05) is 121 Å². The molecule has 0 saturated heterocycles. The molecule has 2 aliphatic rings. The van der Waals surface area contributed by atoms with Crippen molar-refractivity contribution in [2.75, 3.05) is 0 Å². The molecule has 8 aromatic rings. The van der Waals surface area contributed by atoms with Crippen LogP contribution in [-0.2, 0) is 6.42 Å². The second-order valence-electron chi connectivity index (χ2n) is 12.7. The van der Waals surface area contributed by atoms with Gasteiger partial charge in [-0.3, -0.25) is 0 Å². The van der Waals surface area contributed by atoms with E-state index in [1.165, 1.54) is 86.3 Å². The first-order valence-electron chi connectivity index (χ1n) is 16.4. The lowest BCUT2D eigenvalue weighted by Crippen LogP contribution is -2.06. The molecule has 0 spiro atoms. The fourth-order valence-corrected chi connectivity index (χ4v) is 9.26. The summed E-state index contributed by atoms with van der Waals surface area (Å²) in [5, 5.41) is 8.11. The molecule has 0 amide bonds. The van der Waals surface area contributed by atoms with E-state index in [-0.39, 0.29) is 0 Å². The molecule has 2 aromatic heterocycles. The predicted molar refractivity (Wildman–Crippen MR) is 199 cm³/mol. The van der Waals surface area contributed by atoms with Crippen LogP contribution < -0.4 is 0 Å². The molecular weight excluding hydrogens is 575 g/mol. The highest BCUT2D eigenvalue weighted by Gasteiger charge is 2.25. The SMILES string of the molecule is C1=CCC(c2ccc3sc4c5ccccc5c5c(c6cc(-c7ccccc7)ccc6n5C5=CCCc6ccccc65)c4c3c2)C=C1. The zero-order valence-corrected chi connectivity index (χ0v) is 26.2. The van der Waals surface area contributed by atoms with E-state index in [4.69, 9.17) is 0 Å². The van der Waals surface area contributed by atoms with Crippen LogP contribution in [0.5, 0.6) is 0 Å². The summed E-state index contributed by atoms with van der Waals surface area (Å²) in [4.78, 5) is 0. The van der Waals surface area contributed by atoms with E-state index in [2.05, 4.69) is 150 Å². The van der Waals surface area contributed by atoms with Crippen LogP contribution in [0.4, 0.5) is 0 Å². The number of hydrogen-bond acceptors (Lipinski definition) is 1. The van der Waals surface area contributed by atoms with Crippen LogP contribution in [0.3, 0.4) is 0 Å². The normalized spacial score (nSPS) is 16.2. The minimum absolute atomic E-state index is 0.412. The summed E-state index contributed by atoms with van der Waals surface area (Å²) in [6.45, 7) is 0. The number of benzene rings is 6. The third-order valence-corrected chi connectivity index (χ3v) is 11.4. The Morgan fingerprint density at radius 3 is 2.39 bits per heavy atom. The summed E-state index contributed by atoms with van der Waals surface area (Å²) in [5.74, 6) is 0.412. The highest BCUT2D eigenvalue weighted by Crippen LogP contribution is 2.50.